The largest absolute Gasteiger partial charge is 0.508 e. The number of carbonyl (C=O) groups excluding carboxylic acids is 1. The molecule has 2 N–H and O–H groups in total. The van der Waals surface area contributed by atoms with Gasteiger partial charge >= 0.3 is 5.97 Å². The van der Waals surface area contributed by atoms with Gasteiger partial charge in [0.15, 0.2) is 0 Å². The van der Waals surface area contributed by atoms with E-state index in [9.17, 15) is 14.7 Å². The third kappa shape index (κ3) is 12.3. The van der Waals surface area contributed by atoms with Gasteiger partial charge in [0.2, 0.25) is 5.91 Å². The first kappa shape index (κ1) is 33.8. The molecular formula is C36H44N2O6. The second kappa shape index (κ2) is 18.7. The van der Waals surface area contributed by atoms with Crippen molar-refractivity contribution in [3.8, 4) is 17.2 Å². The van der Waals surface area contributed by atoms with E-state index in [2.05, 4.69) is 30.2 Å². The van der Waals surface area contributed by atoms with Gasteiger partial charge in [-0.1, -0.05) is 49.6 Å². The maximum absolute atomic E-state index is 12.5. The summed E-state index contributed by atoms with van der Waals surface area (Å²) in [6.45, 7) is 11.3. The van der Waals surface area contributed by atoms with E-state index >= 15 is 0 Å². The predicted molar refractivity (Wildman–Crippen MR) is 175 cm³/mol. The van der Waals surface area contributed by atoms with Gasteiger partial charge in [0.1, 0.15) is 30.5 Å². The summed E-state index contributed by atoms with van der Waals surface area (Å²) in [6.07, 6.45) is 7.41. The van der Waals surface area contributed by atoms with Gasteiger partial charge in [-0.05, 0) is 85.3 Å². The lowest BCUT2D eigenvalue weighted by Crippen LogP contribution is -2.48. The Morgan fingerprint density at radius 1 is 0.705 bits per heavy atom. The van der Waals surface area contributed by atoms with Crippen molar-refractivity contribution in [3.05, 3.63) is 109 Å². The van der Waals surface area contributed by atoms with E-state index in [1.807, 2.05) is 53.4 Å². The Morgan fingerprint density at radius 3 is 1.64 bits per heavy atom. The van der Waals surface area contributed by atoms with Gasteiger partial charge in [0.25, 0.3) is 0 Å². The van der Waals surface area contributed by atoms with E-state index in [0.717, 1.165) is 68.2 Å². The minimum Gasteiger partial charge on any atom is -0.508 e. The van der Waals surface area contributed by atoms with Crippen LogP contribution in [0.1, 0.15) is 36.8 Å². The Bertz CT molecular complexity index is 1300. The van der Waals surface area contributed by atoms with Crippen LogP contribution in [0, 0.1) is 0 Å². The highest BCUT2D eigenvalue weighted by atomic mass is 16.5. The molecule has 0 aromatic heterocycles. The fourth-order valence-electron chi connectivity index (χ4n) is 4.74. The zero-order chi connectivity index (χ0) is 31.6. The molecule has 0 aliphatic carbocycles. The first-order chi connectivity index (χ1) is 21.4. The Labute approximate surface area is 260 Å². The minimum atomic E-state index is -0.745. The molecule has 1 amide bonds. The molecule has 1 saturated heterocycles. The number of hydrogen-bond donors (Lipinski definition) is 2. The number of anilines is 1. The number of aliphatic carboxylic acids is 1. The average molecular weight is 601 g/mol. The molecule has 1 aliphatic rings. The van der Waals surface area contributed by atoms with Crippen molar-refractivity contribution < 1.29 is 29.3 Å². The van der Waals surface area contributed by atoms with Gasteiger partial charge in [-0.2, -0.15) is 0 Å². The van der Waals surface area contributed by atoms with Crippen LogP contribution in [0.2, 0.25) is 0 Å². The van der Waals surface area contributed by atoms with Crippen LogP contribution < -0.4 is 14.4 Å². The Kier molecular flexibility index (Phi) is 14.4. The highest BCUT2D eigenvalue weighted by Crippen LogP contribution is 2.20. The van der Waals surface area contributed by atoms with Gasteiger partial charge in [0, 0.05) is 44.7 Å². The summed E-state index contributed by atoms with van der Waals surface area (Å²) in [5.74, 6) is 1.41. The summed E-state index contributed by atoms with van der Waals surface area (Å²) < 4.78 is 10.8. The standard InChI is InChI=1S/C23H28N2O3.C13H16O3/c1-2-18-28-22-12-6-19(7-13-22)4-3-5-23(27)25-16-14-24(15-17-25)20-8-10-21(26)11-9-20;1-2-10-16-12-8-6-11(7-9-12)4-3-5-13(14)15/h2,6-13,26H,1,3-5,14-18H2;2,6-9H,1,3-5,10H2,(H,14,15). The zero-order valence-corrected chi connectivity index (χ0v) is 25.4. The molecule has 0 bridgehead atoms. The summed E-state index contributed by atoms with van der Waals surface area (Å²) in [6, 6.07) is 23.0. The van der Waals surface area contributed by atoms with Gasteiger partial charge in [0.05, 0.1) is 0 Å². The number of amides is 1. The SMILES string of the molecule is C=CCOc1ccc(CCCC(=O)N2CCN(c3ccc(O)cc3)CC2)cc1.C=CCOc1ccc(CCCC(=O)O)cc1. The number of carboxylic acid groups (broad SMARTS) is 1. The van der Waals surface area contributed by atoms with Crippen molar-refractivity contribution in [2.24, 2.45) is 0 Å². The van der Waals surface area contributed by atoms with Crippen LogP contribution in [0.4, 0.5) is 5.69 Å². The molecule has 234 valence electrons. The van der Waals surface area contributed by atoms with Gasteiger partial charge in [-0.15, -0.1) is 0 Å². The summed E-state index contributed by atoms with van der Waals surface area (Å²) in [5.41, 5.74) is 3.44. The molecule has 0 radical (unpaired) electrons. The van der Waals surface area contributed by atoms with Crippen molar-refractivity contribution in [2.75, 3.05) is 44.3 Å². The monoisotopic (exact) mass is 600 g/mol. The lowest BCUT2D eigenvalue weighted by atomic mass is 10.1. The third-order valence-electron chi connectivity index (χ3n) is 7.14. The van der Waals surface area contributed by atoms with Crippen LogP contribution in [0.3, 0.4) is 0 Å². The molecule has 8 heteroatoms. The number of hydrogen-bond acceptors (Lipinski definition) is 6. The molecule has 1 heterocycles. The average Bonchev–Trinajstić information content (AvgIpc) is 3.04. The van der Waals surface area contributed by atoms with Crippen LogP contribution in [-0.2, 0) is 22.4 Å². The number of phenols is 1. The second-order valence-electron chi connectivity index (χ2n) is 10.5. The van der Waals surface area contributed by atoms with Gasteiger partial charge < -0.3 is 29.5 Å². The topological polar surface area (TPSA) is 99.5 Å². The van der Waals surface area contributed by atoms with Crippen molar-refractivity contribution in [1.82, 2.24) is 4.90 Å². The molecule has 1 aliphatic heterocycles. The van der Waals surface area contributed by atoms with Gasteiger partial charge in [-0.3, -0.25) is 9.59 Å². The van der Waals surface area contributed by atoms with E-state index in [4.69, 9.17) is 14.6 Å². The molecule has 44 heavy (non-hydrogen) atoms. The van der Waals surface area contributed by atoms with Crippen LogP contribution in [0.15, 0.2) is 98.1 Å². The first-order valence-electron chi connectivity index (χ1n) is 15.1. The lowest BCUT2D eigenvalue weighted by molar-refractivity contribution is -0.137. The number of phenolic OH excluding ortho intramolecular Hbond substituents is 1. The normalized spacial score (nSPS) is 12.5. The Hall–Kier alpha value is -4.72. The van der Waals surface area contributed by atoms with Crippen molar-refractivity contribution in [2.45, 2.75) is 38.5 Å². The van der Waals surface area contributed by atoms with E-state index in [-0.39, 0.29) is 18.1 Å². The number of aromatic hydroxyl groups is 1. The number of ether oxygens (including phenoxy) is 2. The fraction of sp³-hybridized carbons (Fsp3) is 0.333. The Balaban J connectivity index is 0.000000281. The highest BCUT2D eigenvalue weighted by Gasteiger charge is 2.21. The third-order valence-corrected chi connectivity index (χ3v) is 7.14. The van der Waals surface area contributed by atoms with E-state index < -0.39 is 5.97 Å². The minimum absolute atomic E-state index is 0.217. The first-order valence-corrected chi connectivity index (χ1v) is 15.1. The number of aryl methyl sites for hydroxylation is 2. The predicted octanol–water partition coefficient (Wildman–Crippen LogP) is 6.29. The van der Waals surface area contributed by atoms with Gasteiger partial charge in [-0.25, -0.2) is 0 Å². The molecular weight excluding hydrogens is 556 g/mol. The fourth-order valence-corrected chi connectivity index (χ4v) is 4.74. The molecule has 0 atom stereocenters. The smallest absolute Gasteiger partial charge is 0.303 e. The number of rotatable bonds is 15. The van der Waals surface area contributed by atoms with E-state index in [1.165, 1.54) is 5.56 Å². The number of carbonyl (C=O) groups is 2. The summed E-state index contributed by atoms with van der Waals surface area (Å²) in [4.78, 5) is 27.0. The maximum Gasteiger partial charge on any atom is 0.303 e. The zero-order valence-electron chi connectivity index (χ0n) is 25.4. The van der Waals surface area contributed by atoms with Crippen LogP contribution >= 0.6 is 0 Å². The lowest BCUT2D eigenvalue weighted by Gasteiger charge is -2.36. The summed E-state index contributed by atoms with van der Waals surface area (Å²) in [5, 5.41) is 17.9. The number of piperazine rings is 1. The highest BCUT2D eigenvalue weighted by molar-refractivity contribution is 5.76. The van der Waals surface area contributed by atoms with Crippen molar-refractivity contribution in [3.63, 3.8) is 0 Å². The molecule has 0 unspecified atom stereocenters. The summed E-state index contributed by atoms with van der Waals surface area (Å²) in [7, 11) is 0. The van der Waals surface area contributed by atoms with Crippen LogP contribution in [0.5, 0.6) is 17.2 Å². The molecule has 0 spiro atoms. The number of nitrogens with zero attached hydrogens (tertiary/aromatic N) is 2. The quantitative estimate of drug-likeness (QED) is 0.198. The van der Waals surface area contributed by atoms with Crippen molar-refractivity contribution >= 4 is 17.6 Å². The van der Waals surface area contributed by atoms with E-state index in [1.54, 1.807) is 24.3 Å². The molecule has 3 aromatic rings. The molecule has 1 fully saturated rings. The van der Waals surface area contributed by atoms with Crippen molar-refractivity contribution in [1.29, 1.82) is 0 Å². The summed E-state index contributed by atoms with van der Waals surface area (Å²) >= 11 is 0. The molecule has 8 nitrogen and oxygen atoms in total. The maximum atomic E-state index is 12.5. The van der Waals surface area contributed by atoms with E-state index in [0.29, 0.717) is 26.1 Å². The van der Waals surface area contributed by atoms with Crippen LogP contribution in [0.25, 0.3) is 0 Å². The Morgan fingerprint density at radius 2 is 1.18 bits per heavy atom. The number of carboxylic acids is 1. The molecule has 3 aromatic carbocycles. The van der Waals surface area contributed by atoms with Crippen LogP contribution in [-0.4, -0.2) is 66.4 Å². The number of benzene rings is 3. The molecule has 0 saturated carbocycles. The second-order valence-corrected chi connectivity index (χ2v) is 10.5. The molecule has 4 rings (SSSR count).